The maximum atomic E-state index is 14.1. The van der Waals surface area contributed by atoms with Gasteiger partial charge in [0.25, 0.3) is 0 Å². The lowest BCUT2D eigenvalue weighted by Gasteiger charge is -2.29. The second-order valence-corrected chi connectivity index (χ2v) is 20.2. The van der Waals surface area contributed by atoms with Crippen LogP contribution in [0, 0.1) is 11.8 Å². The monoisotopic (exact) mass is 922 g/mol. The van der Waals surface area contributed by atoms with Gasteiger partial charge in [-0.2, -0.15) is 0 Å². The van der Waals surface area contributed by atoms with E-state index in [1.807, 2.05) is 109 Å². The molecular formula is C66H66O4. The predicted octanol–water partition coefficient (Wildman–Crippen LogP) is 18.4. The first-order valence-electron chi connectivity index (χ1n) is 26.3. The number of carbonyl (C=O) groups excluding carboxylic acids is 2. The fourth-order valence-electron chi connectivity index (χ4n) is 11.5. The molecule has 0 aromatic heterocycles. The van der Waals surface area contributed by atoms with Crippen LogP contribution in [0.3, 0.4) is 0 Å². The zero-order chi connectivity index (χ0) is 47.8. The van der Waals surface area contributed by atoms with E-state index in [-0.39, 0.29) is 0 Å². The molecule has 0 spiro atoms. The van der Waals surface area contributed by atoms with Crippen molar-refractivity contribution in [3.8, 4) is 44.9 Å². The number of rotatable bonds is 15. The second-order valence-electron chi connectivity index (χ2n) is 20.2. The van der Waals surface area contributed by atoms with E-state index in [2.05, 4.69) is 74.5 Å². The molecule has 0 heterocycles. The first-order valence-corrected chi connectivity index (χ1v) is 26.3. The van der Waals surface area contributed by atoms with Gasteiger partial charge in [0.2, 0.25) is 0 Å². The highest BCUT2D eigenvalue weighted by molar-refractivity contribution is 6.09. The standard InChI is InChI=1S/C66H66O4/c1-3-5-11-45-17-21-47(22-18-45)49-25-29-51(30-26-49)53-33-37-56(38-34-53)65(67)69-59-43-58-14-8-9-15-60(58)62(44-59)64-61-16-10-7-13-55(61)41-42-63(64)70-66(68)57-39-35-54(36-40-57)52-31-27-50(28-32-52)48-23-19-46(20-24-48)12-6-4-2/h7-10,13-16,25-48H,3-6,11-12,17-24H2,1-2H3. The predicted molar refractivity (Wildman–Crippen MR) is 289 cm³/mol. The van der Waals surface area contributed by atoms with Gasteiger partial charge in [-0.05, 0) is 178 Å². The molecule has 0 aliphatic heterocycles. The summed E-state index contributed by atoms with van der Waals surface area (Å²) >= 11 is 0. The number of fused-ring (bicyclic) bond motifs is 2. The second kappa shape index (κ2) is 21.9. The number of esters is 2. The molecule has 70 heavy (non-hydrogen) atoms. The molecule has 0 N–H and O–H groups in total. The van der Waals surface area contributed by atoms with Gasteiger partial charge >= 0.3 is 11.9 Å². The molecule has 0 saturated heterocycles. The molecule has 0 unspecified atom stereocenters. The summed E-state index contributed by atoms with van der Waals surface area (Å²) in [5.41, 5.74) is 9.73. The average Bonchev–Trinajstić information content (AvgIpc) is 3.42. The lowest BCUT2D eigenvalue weighted by molar-refractivity contribution is 0.0726. The summed E-state index contributed by atoms with van der Waals surface area (Å²) in [7, 11) is 0. The molecule has 2 saturated carbocycles. The average molecular weight is 923 g/mol. The summed E-state index contributed by atoms with van der Waals surface area (Å²) in [6.45, 7) is 4.58. The van der Waals surface area contributed by atoms with Crippen molar-refractivity contribution in [1.82, 2.24) is 0 Å². The number of ether oxygens (including phenoxy) is 2. The molecule has 0 radical (unpaired) electrons. The molecule has 10 rings (SSSR count). The zero-order valence-electron chi connectivity index (χ0n) is 41.0. The van der Waals surface area contributed by atoms with Crippen LogP contribution in [0.1, 0.15) is 147 Å². The summed E-state index contributed by atoms with van der Waals surface area (Å²) < 4.78 is 12.5. The van der Waals surface area contributed by atoms with E-state index in [1.54, 1.807) is 0 Å². The first-order chi connectivity index (χ1) is 34.4. The molecule has 8 aromatic rings. The summed E-state index contributed by atoms with van der Waals surface area (Å²) in [6, 6.07) is 57.2. The Morgan fingerprint density at radius 2 is 0.886 bits per heavy atom. The van der Waals surface area contributed by atoms with Crippen LogP contribution in [-0.2, 0) is 0 Å². The molecule has 2 fully saturated rings. The van der Waals surface area contributed by atoms with E-state index in [9.17, 15) is 9.59 Å². The van der Waals surface area contributed by atoms with Gasteiger partial charge in [0.05, 0.1) is 11.1 Å². The van der Waals surface area contributed by atoms with Crippen molar-refractivity contribution in [3.63, 3.8) is 0 Å². The normalized spacial score (nSPS) is 18.1. The van der Waals surface area contributed by atoms with E-state index in [1.165, 1.54) is 101 Å². The fourth-order valence-corrected chi connectivity index (χ4v) is 11.5. The Labute approximate surface area is 415 Å². The van der Waals surface area contributed by atoms with Gasteiger partial charge in [-0.25, -0.2) is 9.59 Å². The van der Waals surface area contributed by atoms with E-state index in [0.29, 0.717) is 34.5 Å². The summed E-state index contributed by atoms with van der Waals surface area (Å²) in [5.74, 6) is 3.03. The SMILES string of the molecule is CCCCC1CCC(c2ccc(-c3ccc(C(=O)Oc4cc(-c5c(OC(=O)c6ccc(-c7ccc(C8CCC(CCCC)CC8)cc7)cc6)ccc6ccccc56)c5ccccc5c4)cc3)cc2)CC1. The van der Waals surface area contributed by atoms with Crippen molar-refractivity contribution in [1.29, 1.82) is 0 Å². The van der Waals surface area contributed by atoms with Crippen molar-refractivity contribution < 1.29 is 19.1 Å². The van der Waals surface area contributed by atoms with E-state index >= 15 is 0 Å². The quantitative estimate of drug-likeness (QED) is 0.0759. The molecule has 2 aliphatic rings. The number of unbranched alkanes of at least 4 members (excludes halogenated alkanes) is 2. The minimum atomic E-state index is -0.445. The molecule has 4 heteroatoms. The van der Waals surface area contributed by atoms with Crippen LogP contribution < -0.4 is 9.47 Å². The number of hydrogen-bond acceptors (Lipinski definition) is 4. The first kappa shape index (κ1) is 46.9. The summed E-state index contributed by atoms with van der Waals surface area (Å²) in [6.07, 6.45) is 18.5. The van der Waals surface area contributed by atoms with Crippen molar-refractivity contribution in [3.05, 3.63) is 192 Å². The van der Waals surface area contributed by atoms with E-state index < -0.39 is 11.9 Å². The third kappa shape index (κ3) is 10.7. The maximum absolute atomic E-state index is 14.1. The highest BCUT2D eigenvalue weighted by Gasteiger charge is 2.24. The Hall–Kier alpha value is -6.78. The summed E-state index contributed by atoms with van der Waals surface area (Å²) in [4.78, 5) is 27.9. The number of benzene rings is 8. The Morgan fingerprint density at radius 3 is 1.39 bits per heavy atom. The van der Waals surface area contributed by atoms with Crippen molar-refractivity contribution in [2.45, 2.75) is 116 Å². The van der Waals surface area contributed by atoms with Gasteiger partial charge < -0.3 is 9.47 Å². The molecular weight excluding hydrogens is 857 g/mol. The largest absolute Gasteiger partial charge is 0.423 e. The zero-order valence-corrected chi connectivity index (χ0v) is 41.0. The molecule has 0 atom stereocenters. The van der Waals surface area contributed by atoms with Gasteiger partial charge in [0.1, 0.15) is 11.5 Å². The van der Waals surface area contributed by atoms with Gasteiger partial charge in [-0.15, -0.1) is 0 Å². The van der Waals surface area contributed by atoms with Crippen LogP contribution in [0.15, 0.2) is 170 Å². The van der Waals surface area contributed by atoms with Crippen LogP contribution in [0.4, 0.5) is 0 Å². The Kier molecular flexibility index (Phi) is 14.7. The minimum Gasteiger partial charge on any atom is -0.423 e. The van der Waals surface area contributed by atoms with Crippen molar-refractivity contribution in [2.75, 3.05) is 0 Å². The number of hydrogen-bond donors (Lipinski definition) is 0. The maximum Gasteiger partial charge on any atom is 0.343 e. The Bertz CT molecular complexity index is 3040. The molecule has 0 amide bonds. The molecule has 2 aliphatic carbocycles. The van der Waals surface area contributed by atoms with Gasteiger partial charge in [0, 0.05) is 5.56 Å². The van der Waals surface area contributed by atoms with Crippen LogP contribution in [-0.4, -0.2) is 11.9 Å². The Balaban J connectivity index is 0.849. The third-order valence-corrected chi connectivity index (χ3v) is 15.7. The lowest BCUT2D eigenvalue weighted by Crippen LogP contribution is -2.13. The topological polar surface area (TPSA) is 52.6 Å². The van der Waals surface area contributed by atoms with Gasteiger partial charge in [-0.1, -0.05) is 180 Å². The molecule has 4 nitrogen and oxygen atoms in total. The van der Waals surface area contributed by atoms with Crippen molar-refractivity contribution in [2.24, 2.45) is 11.8 Å². The van der Waals surface area contributed by atoms with E-state index in [0.717, 1.165) is 66.8 Å². The fraction of sp³-hybridized carbons (Fsp3) is 0.303. The van der Waals surface area contributed by atoms with Gasteiger partial charge in [0.15, 0.2) is 0 Å². The molecule has 354 valence electrons. The third-order valence-electron chi connectivity index (χ3n) is 15.7. The van der Waals surface area contributed by atoms with E-state index in [4.69, 9.17) is 9.47 Å². The minimum absolute atomic E-state index is 0.404. The Morgan fingerprint density at radius 1 is 0.443 bits per heavy atom. The van der Waals surface area contributed by atoms with Crippen LogP contribution in [0.25, 0.3) is 54.9 Å². The smallest absolute Gasteiger partial charge is 0.343 e. The van der Waals surface area contributed by atoms with Crippen LogP contribution in [0.2, 0.25) is 0 Å². The van der Waals surface area contributed by atoms with Gasteiger partial charge in [-0.3, -0.25) is 0 Å². The molecule has 0 bridgehead atoms. The number of carbonyl (C=O) groups is 2. The lowest BCUT2D eigenvalue weighted by atomic mass is 9.77. The van der Waals surface area contributed by atoms with Crippen LogP contribution in [0.5, 0.6) is 11.5 Å². The highest BCUT2D eigenvalue weighted by Crippen LogP contribution is 2.44. The van der Waals surface area contributed by atoms with Crippen molar-refractivity contribution >= 4 is 33.5 Å². The molecule has 8 aromatic carbocycles. The highest BCUT2D eigenvalue weighted by atomic mass is 16.5. The summed E-state index contributed by atoms with van der Waals surface area (Å²) in [5, 5.41) is 3.76. The van der Waals surface area contributed by atoms with Crippen LogP contribution >= 0.6 is 0 Å².